The molecule has 2 amide bonds. The predicted octanol–water partition coefficient (Wildman–Crippen LogP) is 5.11. The van der Waals surface area contributed by atoms with E-state index in [2.05, 4.69) is 10.6 Å². The van der Waals surface area contributed by atoms with Crippen LogP contribution in [0.3, 0.4) is 0 Å². The van der Waals surface area contributed by atoms with Crippen LogP contribution >= 0.6 is 11.6 Å². The van der Waals surface area contributed by atoms with Gasteiger partial charge in [0.05, 0.1) is 0 Å². The lowest BCUT2D eigenvalue weighted by molar-refractivity contribution is 0.250. The zero-order chi connectivity index (χ0) is 18.2. The number of carbonyl (C=O) groups is 1. The minimum atomic E-state index is -0.608. The van der Waals surface area contributed by atoms with Crippen LogP contribution in [-0.2, 0) is 5.41 Å². The van der Waals surface area contributed by atoms with E-state index < -0.39 is 17.0 Å². The summed E-state index contributed by atoms with van der Waals surface area (Å²) in [6.07, 6.45) is 0.712. The molecule has 3 nitrogen and oxygen atoms in total. The average Bonchev–Trinajstić information content (AvgIpc) is 3.10. The van der Waals surface area contributed by atoms with E-state index >= 15 is 0 Å². The zero-order valence-electron chi connectivity index (χ0n) is 14.0. The Morgan fingerprint density at radius 3 is 2.36 bits per heavy atom. The average molecular weight is 365 g/mol. The molecule has 0 saturated heterocycles. The van der Waals surface area contributed by atoms with Gasteiger partial charge in [-0.3, -0.25) is 0 Å². The van der Waals surface area contributed by atoms with E-state index in [0.717, 1.165) is 6.07 Å². The van der Waals surface area contributed by atoms with Crippen LogP contribution in [0.15, 0.2) is 42.5 Å². The van der Waals surface area contributed by atoms with Crippen LogP contribution < -0.4 is 10.6 Å². The van der Waals surface area contributed by atoms with Gasteiger partial charge in [-0.2, -0.15) is 0 Å². The lowest BCUT2D eigenvalue weighted by atomic mass is 9.87. The molecular weight excluding hydrogens is 346 g/mol. The maximum absolute atomic E-state index is 14.3. The quantitative estimate of drug-likeness (QED) is 0.777. The number of nitrogens with one attached hydrogen (secondary N) is 2. The third-order valence-electron chi connectivity index (χ3n) is 5.01. The fourth-order valence-corrected chi connectivity index (χ4v) is 3.51. The third-order valence-corrected chi connectivity index (χ3v) is 5.27. The van der Waals surface area contributed by atoms with Gasteiger partial charge >= 0.3 is 6.03 Å². The molecule has 132 valence electrons. The number of carbonyl (C=O) groups excluding carboxylic acids is 1. The Bertz CT molecular complexity index is 808. The van der Waals surface area contributed by atoms with Crippen LogP contribution in [0.4, 0.5) is 19.3 Å². The molecule has 0 bridgehead atoms. The van der Waals surface area contributed by atoms with Gasteiger partial charge in [0.2, 0.25) is 0 Å². The van der Waals surface area contributed by atoms with Gasteiger partial charge in [-0.1, -0.05) is 31.5 Å². The monoisotopic (exact) mass is 364 g/mol. The predicted molar refractivity (Wildman–Crippen MR) is 94.9 cm³/mol. The standard InChI is InChI=1S/C19H19ClF2N2O/c1-18(2)10-19(18,15-8-5-13(21)9-16(15)22)11-23-17(25)24-14-6-3-12(20)4-7-14/h3-9H,10-11H2,1-2H3,(H2,23,24,25). The summed E-state index contributed by atoms with van der Waals surface area (Å²) in [6.45, 7) is 4.28. The van der Waals surface area contributed by atoms with Gasteiger partial charge < -0.3 is 10.6 Å². The van der Waals surface area contributed by atoms with Gasteiger partial charge in [0.25, 0.3) is 0 Å². The number of hydrogen-bond donors (Lipinski definition) is 2. The van der Waals surface area contributed by atoms with Crippen LogP contribution in [0, 0.1) is 17.0 Å². The molecule has 1 fully saturated rings. The summed E-state index contributed by atoms with van der Waals surface area (Å²) in [5, 5.41) is 6.09. The lowest BCUT2D eigenvalue weighted by Gasteiger charge is -2.22. The smallest absolute Gasteiger partial charge is 0.319 e. The zero-order valence-corrected chi connectivity index (χ0v) is 14.8. The van der Waals surface area contributed by atoms with E-state index in [0.29, 0.717) is 22.7 Å². The summed E-state index contributed by atoms with van der Waals surface area (Å²) < 4.78 is 27.5. The number of halogens is 3. The minimum Gasteiger partial charge on any atom is -0.337 e. The fraction of sp³-hybridized carbons (Fsp3) is 0.316. The molecule has 2 N–H and O–H groups in total. The summed E-state index contributed by atoms with van der Waals surface area (Å²) in [6, 6.07) is 9.97. The first-order valence-electron chi connectivity index (χ1n) is 7.99. The number of anilines is 1. The molecule has 0 aromatic heterocycles. The van der Waals surface area contributed by atoms with Crippen molar-refractivity contribution in [3.63, 3.8) is 0 Å². The fourth-order valence-electron chi connectivity index (χ4n) is 3.38. The first-order chi connectivity index (χ1) is 11.7. The van der Waals surface area contributed by atoms with Crippen molar-refractivity contribution in [3.05, 3.63) is 64.7 Å². The normalized spacial score (nSPS) is 20.8. The Kier molecular flexibility index (Phi) is 4.45. The van der Waals surface area contributed by atoms with Crippen LogP contribution in [-0.4, -0.2) is 12.6 Å². The Morgan fingerprint density at radius 1 is 1.16 bits per heavy atom. The third kappa shape index (κ3) is 3.47. The van der Waals surface area contributed by atoms with Crippen molar-refractivity contribution in [1.82, 2.24) is 5.32 Å². The Hall–Kier alpha value is -2.14. The van der Waals surface area contributed by atoms with Gasteiger partial charge in [0.1, 0.15) is 11.6 Å². The Morgan fingerprint density at radius 2 is 1.80 bits per heavy atom. The molecule has 1 aliphatic rings. The molecule has 2 aromatic rings. The summed E-state index contributed by atoms with van der Waals surface area (Å²) in [4.78, 5) is 12.1. The highest BCUT2D eigenvalue weighted by Gasteiger charge is 2.62. The van der Waals surface area contributed by atoms with Gasteiger partial charge in [-0.15, -0.1) is 0 Å². The van der Waals surface area contributed by atoms with E-state index in [-0.39, 0.29) is 18.0 Å². The molecule has 0 spiro atoms. The number of amides is 2. The number of rotatable bonds is 4. The second kappa shape index (κ2) is 6.30. The molecule has 25 heavy (non-hydrogen) atoms. The highest BCUT2D eigenvalue weighted by molar-refractivity contribution is 6.30. The molecule has 1 saturated carbocycles. The van der Waals surface area contributed by atoms with E-state index in [1.165, 1.54) is 12.1 Å². The van der Waals surface area contributed by atoms with Crippen LogP contribution in [0.2, 0.25) is 5.02 Å². The van der Waals surface area contributed by atoms with Crippen molar-refractivity contribution in [1.29, 1.82) is 0 Å². The van der Waals surface area contributed by atoms with E-state index in [1.807, 2.05) is 13.8 Å². The van der Waals surface area contributed by atoms with Crippen molar-refractivity contribution in [2.45, 2.75) is 25.7 Å². The number of urea groups is 1. The van der Waals surface area contributed by atoms with Gasteiger partial charge in [0.15, 0.2) is 0 Å². The molecule has 0 radical (unpaired) electrons. The maximum Gasteiger partial charge on any atom is 0.319 e. The van der Waals surface area contributed by atoms with Gasteiger partial charge in [-0.25, -0.2) is 13.6 Å². The SMILES string of the molecule is CC1(C)CC1(CNC(=O)Nc1ccc(Cl)cc1)c1ccc(F)cc1F. The first-order valence-corrected chi connectivity index (χ1v) is 8.37. The first kappa shape index (κ1) is 17.7. The van der Waals surface area contributed by atoms with Crippen molar-refractivity contribution < 1.29 is 13.6 Å². The molecule has 3 rings (SSSR count). The second-order valence-corrected chi connectivity index (χ2v) is 7.52. The Labute approximate surface area is 150 Å². The molecular formula is C19H19ClF2N2O. The molecule has 6 heteroatoms. The molecule has 1 aliphatic carbocycles. The minimum absolute atomic E-state index is 0.181. The highest BCUT2D eigenvalue weighted by Crippen LogP contribution is 2.64. The van der Waals surface area contributed by atoms with Gasteiger partial charge in [-0.05, 0) is 47.7 Å². The molecule has 1 unspecified atom stereocenters. The Balaban J connectivity index is 1.71. The number of benzene rings is 2. The van der Waals surface area contributed by atoms with Crippen LogP contribution in [0.5, 0.6) is 0 Å². The lowest BCUT2D eigenvalue weighted by Crippen LogP contribution is -2.37. The summed E-state index contributed by atoms with van der Waals surface area (Å²) in [7, 11) is 0. The molecule has 0 heterocycles. The maximum atomic E-state index is 14.3. The van der Waals surface area contributed by atoms with E-state index in [9.17, 15) is 13.6 Å². The summed E-state index contributed by atoms with van der Waals surface area (Å²) in [5.74, 6) is -1.19. The second-order valence-electron chi connectivity index (χ2n) is 7.08. The molecule has 2 aromatic carbocycles. The number of hydrogen-bond acceptors (Lipinski definition) is 1. The van der Waals surface area contributed by atoms with Crippen molar-refractivity contribution in [2.75, 3.05) is 11.9 Å². The van der Waals surface area contributed by atoms with Crippen LogP contribution in [0.25, 0.3) is 0 Å². The summed E-state index contributed by atoms with van der Waals surface area (Å²) >= 11 is 5.81. The van der Waals surface area contributed by atoms with E-state index in [4.69, 9.17) is 11.6 Å². The topological polar surface area (TPSA) is 41.1 Å². The molecule has 1 atom stereocenters. The van der Waals surface area contributed by atoms with E-state index in [1.54, 1.807) is 24.3 Å². The summed E-state index contributed by atoms with van der Waals surface area (Å²) in [5.41, 5.74) is 0.325. The molecule has 0 aliphatic heterocycles. The van der Waals surface area contributed by atoms with Crippen molar-refractivity contribution in [2.24, 2.45) is 5.41 Å². The van der Waals surface area contributed by atoms with Crippen molar-refractivity contribution in [3.8, 4) is 0 Å². The van der Waals surface area contributed by atoms with Crippen LogP contribution in [0.1, 0.15) is 25.8 Å². The largest absolute Gasteiger partial charge is 0.337 e. The van der Waals surface area contributed by atoms with Gasteiger partial charge in [0, 0.05) is 28.7 Å². The van der Waals surface area contributed by atoms with Crippen molar-refractivity contribution >= 4 is 23.3 Å². The highest BCUT2D eigenvalue weighted by atomic mass is 35.5.